The molecule has 0 saturated heterocycles. The standard InChI is InChI=1S/C15H16ClN3O3/c1-10(11-4-2-5-12(16)8-11)17-9-14(20)18-19-15(21)13-6-3-7-22-13/h2-8,10,17H,9H2,1H3,(H,18,20)(H,19,21)/p+1/t10-/m1/s1. The largest absolute Gasteiger partial charge is 0.459 e. The molecule has 22 heavy (non-hydrogen) atoms. The predicted molar refractivity (Wildman–Crippen MR) is 81.0 cm³/mol. The topological polar surface area (TPSA) is 88.0 Å². The molecule has 2 aromatic rings. The lowest BCUT2D eigenvalue weighted by atomic mass is 10.1. The van der Waals surface area contributed by atoms with E-state index in [9.17, 15) is 9.59 Å². The predicted octanol–water partition coefficient (Wildman–Crippen LogP) is 1.02. The first-order valence-electron chi connectivity index (χ1n) is 6.77. The van der Waals surface area contributed by atoms with E-state index in [-0.39, 0.29) is 24.3 Å². The number of quaternary nitrogens is 1. The van der Waals surface area contributed by atoms with E-state index >= 15 is 0 Å². The molecule has 0 fully saturated rings. The summed E-state index contributed by atoms with van der Waals surface area (Å²) in [4.78, 5) is 23.3. The molecule has 7 heteroatoms. The zero-order valence-electron chi connectivity index (χ0n) is 12.0. The molecule has 4 N–H and O–H groups in total. The number of carbonyl (C=O) groups excluding carboxylic acids is 2. The lowest BCUT2D eigenvalue weighted by Gasteiger charge is -2.11. The summed E-state index contributed by atoms with van der Waals surface area (Å²) >= 11 is 5.94. The van der Waals surface area contributed by atoms with Crippen LogP contribution in [0.5, 0.6) is 0 Å². The molecule has 0 aliphatic heterocycles. The van der Waals surface area contributed by atoms with Gasteiger partial charge in [-0.2, -0.15) is 0 Å². The first-order valence-corrected chi connectivity index (χ1v) is 7.15. The van der Waals surface area contributed by atoms with Gasteiger partial charge in [0, 0.05) is 10.6 Å². The van der Waals surface area contributed by atoms with E-state index in [0.717, 1.165) is 5.56 Å². The van der Waals surface area contributed by atoms with Crippen LogP contribution in [0.2, 0.25) is 5.02 Å². The number of hydrogen-bond acceptors (Lipinski definition) is 3. The molecule has 0 aliphatic carbocycles. The summed E-state index contributed by atoms with van der Waals surface area (Å²) in [5, 5.41) is 2.51. The summed E-state index contributed by atoms with van der Waals surface area (Å²) in [5.74, 6) is -0.674. The molecule has 1 heterocycles. The quantitative estimate of drug-likeness (QED) is 0.718. The second kappa shape index (κ2) is 7.63. The van der Waals surface area contributed by atoms with E-state index in [4.69, 9.17) is 16.0 Å². The van der Waals surface area contributed by atoms with Crippen LogP contribution in [0.25, 0.3) is 0 Å². The van der Waals surface area contributed by atoms with Gasteiger partial charge < -0.3 is 9.73 Å². The number of nitrogens with one attached hydrogen (secondary N) is 2. The minimum Gasteiger partial charge on any atom is -0.459 e. The van der Waals surface area contributed by atoms with Gasteiger partial charge in [-0.25, -0.2) is 0 Å². The molecule has 0 spiro atoms. The second-order valence-corrected chi connectivity index (χ2v) is 5.20. The second-order valence-electron chi connectivity index (χ2n) is 4.76. The molecule has 0 aliphatic rings. The Morgan fingerprint density at radius 1 is 1.27 bits per heavy atom. The molecule has 6 nitrogen and oxygen atoms in total. The lowest BCUT2D eigenvalue weighted by molar-refractivity contribution is -0.682. The SMILES string of the molecule is C[C@@H]([NH2+]CC(=O)NNC(=O)c1ccco1)c1cccc(Cl)c1. The van der Waals surface area contributed by atoms with E-state index in [1.165, 1.54) is 12.3 Å². The molecular weight excluding hydrogens is 306 g/mol. The Hall–Kier alpha value is -2.31. The molecule has 0 unspecified atom stereocenters. The van der Waals surface area contributed by atoms with Crippen molar-refractivity contribution in [3.8, 4) is 0 Å². The third kappa shape index (κ3) is 4.61. The maximum absolute atomic E-state index is 11.7. The normalized spacial score (nSPS) is 11.7. The highest BCUT2D eigenvalue weighted by molar-refractivity contribution is 6.30. The Morgan fingerprint density at radius 2 is 2.09 bits per heavy atom. The summed E-state index contributed by atoms with van der Waals surface area (Å²) in [6.07, 6.45) is 1.39. The minimum absolute atomic E-state index is 0.0743. The zero-order chi connectivity index (χ0) is 15.9. The van der Waals surface area contributed by atoms with Crippen LogP contribution in [0.3, 0.4) is 0 Å². The van der Waals surface area contributed by atoms with Crippen LogP contribution in [0.15, 0.2) is 47.1 Å². The summed E-state index contributed by atoms with van der Waals surface area (Å²) in [5.41, 5.74) is 5.64. The van der Waals surface area contributed by atoms with Crippen molar-refractivity contribution in [3.63, 3.8) is 0 Å². The van der Waals surface area contributed by atoms with Gasteiger partial charge >= 0.3 is 5.91 Å². The molecule has 1 aromatic carbocycles. The van der Waals surface area contributed by atoms with Gasteiger partial charge in [-0.05, 0) is 31.2 Å². The smallest absolute Gasteiger partial charge is 0.305 e. The van der Waals surface area contributed by atoms with Gasteiger partial charge in [0.25, 0.3) is 5.91 Å². The van der Waals surface area contributed by atoms with Crippen LogP contribution in [-0.4, -0.2) is 18.4 Å². The van der Waals surface area contributed by atoms with Crippen molar-refractivity contribution in [1.82, 2.24) is 10.9 Å². The molecule has 2 rings (SSSR count). The summed E-state index contributed by atoms with van der Waals surface area (Å²) < 4.78 is 4.91. The molecule has 1 atom stereocenters. The van der Waals surface area contributed by atoms with E-state index < -0.39 is 5.91 Å². The summed E-state index contributed by atoms with van der Waals surface area (Å²) in [7, 11) is 0. The van der Waals surface area contributed by atoms with Crippen LogP contribution in [0.1, 0.15) is 29.1 Å². The average molecular weight is 323 g/mol. The number of amides is 2. The molecule has 1 aromatic heterocycles. The summed E-state index contributed by atoms with van der Waals surface area (Å²) in [6.45, 7) is 2.15. The number of nitrogens with two attached hydrogens (primary N) is 1. The van der Waals surface area contributed by atoms with Gasteiger partial charge in [0.05, 0.1) is 6.26 Å². The van der Waals surface area contributed by atoms with Crippen molar-refractivity contribution >= 4 is 23.4 Å². The third-order valence-corrected chi connectivity index (χ3v) is 3.33. The highest BCUT2D eigenvalue weighted by Gasteiger charge is 2.13. The van der Waals surface area contributed by atoms with Crippen LogP contribution in [-0.2, 0) is 4.79 Å². The Morgan fingerprint density at radius 3 is 2.77 bits per heavy atom. The first kappa shape index (κ1) is 16.1. The number of halogens is 1. The Labute approximate surface area is 132 Å². The monoisotopic (exact) mass is 322 g/mol. The van der Waals surface area contributed by atoms with Gasteiger partial charge in [-0.1, -0.05) is 23.7 Å². The third-order valence-electron chi connectivity index (χ3n) is 3.09. The molecule has 0 saturated carbocycles. The van der Waals surface area contributed by atoms with E-state index in [1.807, 2.05) is 30.4 Å². The van der Waals surface area contributed by atoms with Gasteiger partial charge in [-0.3, -0.25) is 20.4 Å². The van der Waals surface area contributed by atoms with Crippen LogP contribution in [0.4, 0.5) is 0 Å². The number of hydrazine groups is 1. The molecule has 116 valence electrons. The van der Waals surface area contributed by atoms with Crippen molar-refractivity contribution in [2.45, 2.75) is 13.0 Å². The van der Waals surface area contributed by atoms with Gasteiger partial charge in [0.15, 0.2) is 12.3 Å². The van der Waals surface area contributed by atoms with Crippen LogP contribution >= 0.6 is 11.6 Å². The number of hydrogen-bond donors (Lipinski definition) is 3. The van der Waals surface area contributed by atoms with E-state index in [1.54, 1.807) is 12.1 Å². The van der Waals surface area contributed by atoms with E-state index in [2.05, 4.69) is 10.9 Å². The maximum Gasteiger partial charge on any atom is 0.305 e. The number of furan rings is 1. The molecule has 0 bridgehead atoms. The number of rotatable bonds is 5. The zero-order valence-corrected chi connectivity index (χ0v) is 12.8. The fraction of sp³-hybridized carbons (Fsp3) is 0.200. The highest BCUT2D eigenvalue weighted by Crippen LogP contribution is 2.14. The highest BCUT2D eigenvalue weighted by atomic mass is 35.5. The molecule has 2 amide bonds. The van der Waals surface area contributed by atoms with E-state index in [0.29, 0.717) is 5.02 Å². The Balaban J connectivity index is 1.74. The van der Waals surface area contributed by atoms with Crippen LogP contribution in [0, 0.1) is 0 Å². The first-order chi connectivity index (χ1) is 10.6. The minimum atomic E-state index is -0.499. The fourth-order valence-electron chi connectivity index (χ4n) is 1.86. The molecule has 0 radical (unpaired) electrons. The summed E-state index contributed by atoms with van der Waals surface area (Å²) in [6, 6.07) is 10.7. The number of carbonyl (C=O) groups is 2. The van der Waals surface area contributed by atoms with Crippen molar-refractivity contribution < 1.29 is 19.3 Å². The van der Waals surface area contributed by atoms with Crippen molar-refractivity contribution in [3.05, 3.63) is 59.0 Å². The fourth-order valence-corrected chi connectivity index (χ4v) is 2.06. The van der Waals surface area contributed by atoms with Gasteiger partial charge in [0.2, 0.25) is 0 Å². The van der Waals surface area contributed by atoms with Crippen molar-refractivity contribution in [2.75, 3.05) is 6.54 Å². The van der Waals surface area contributed by atoms with Crippen LogP contribution < -0.4 is 16.2 Å². The lowest BCUT2D eigenvalue weighted by Crippen LogP contribution is -2.87. The van der Waals surface area contributed by atoms with Gasteiger partial charge in [0.1, 0.15) is 6.04 Å². The van der Waals surface area contributed by atoms with Crippen molar-refractivity contribution in [2.24, 2.45) is 0 Å². The Kier molecular flexibility index (Phi) is 5.57. The average Bonchev–Trinajstić information content (AvgIpc) is 3.04. The maximum atomic E-state index is 11.7. The van der Waals surface area contributed by atoms with Crippen molar-refractivity contribution in [1.29, 1.82) is 0 Å². The number of benzene rings is 1. The molecular formula is C15H17ClN3O3+. The van der Waals surface area contributed by atoms with Gasteiger partial charge in [-0.15, -0.1) is 0 Å². The Bertz CT molecular complexity index is 643.